The number of aromatic nitrogens is 2. The molecule has 0 aliphatic rings. The fraction of sp³-hybridized carbons (Fsp3) is 0.235. The molecule has 1 aromatic heterocycles. The van der Waals surface area contributed by atoms with Crippen LogP contribution in [0.1, 0.15) is 11.4 Å². The van der Waals surface area contributed by atoms with E-state index < -0.39 is 14.9 Å². The number of rotatable bonds is 6. The largest absolute Gasteiger partial charge is 0.331 e. The van der Waals surface area contributed by atoms with Gasteiger partial charge in [-0.15, -0.1) is 0 Å². The molecule has 3 rings (SSSR count). The molecule has 0 aliphatic carbocycles. The molecule has 8 nitrogen and oxygen atoms in total. The molecular formula is C17H18N4O4S. The molecular weight excluding hydrogens is 356 g/mol. The van der Waals surface area contributed by atoms with Crippen LogP contribution in [0.25, 0.3) is 11.0 Å². The third-order valence-electron chi connectivity index (χ3n) is 4.14. The molecule has 0 fully saturated rings. The normalized spacial score (nSPS) is 11.8. The second-order valence-electron chi connectivity index (χ2n) is 5.98. The lowest BCUT2D eigenvalue weighted by molar-refractivity contribution is -0.384. The number of nitrogens with one attached hydrogen (secondary N) is 1. The topological polar surface area (TPSA) is 107 Å². The molecule has 0 atom stereocenters. The van der Waals surface area contributed by atoms with Crippen molar-refractivity contribution in [2.24, 2.45) is 7.05 Å². The zero-order chi connectivity index (χ0) is 18.9. The number of imidazole rings is 1. The Morgan fingerprint density at radius 3 is 2.54 bits per heavy atom. The van der Waals surface area contributed by atoms with Crippen molar-refractivity contribution in [3.05, 3.63) is 64.0 Å². The van der Waals surface area contributed by atoms with Crippen molar-refractivity contribution in [2.45, 2.75) is 18.2 Å². The van der Waals surface area contributed by atoms with E-state index in [0.29, 0.717) is 17.8 Å². The number of aryl methyl sites for hydroxylation is 2. The second kappa shape index (κ2) is 6.85. The van der Waals surface area contributed by atoms with Crippen molar-refractivity contribution in [1.82, 2.24) is 14.3 Å². The van der Waals surface area contributed by atoms with Crippen molar-refractivity contribution in [2.75, 3.05) is 6.54 Å². The number of nitrogens with zero attached hydrogens (tertiary/aromatic N) is 3. The lowest BCUT2D eigenvalue weighted by atomic mass is 10.2. The molecule has 1 heterocycles. The number of sulfonamides is 1. The molecule has 0 bridgehead atoms. The van der Waals surface area contributed by atoms with E-state index in [4.69, 9.17) is 0 Å². The van der Waals surface area contributed by atoms with Crippen LogP contribution in [-0.4, -0.2) is 29.4 Å². The number of hydrogen-bond donors (Lipinski definition) is 1. The first-order valence-electron chi connectivity index (χ1n) is 7.94. The molecule has 0 unspecified atom stereocenters. The van der Waals surface area contributed by atoms with E-state index in [0.717, 1.165) is 11.1 Å². The predicted molar refractivity (Wildman–Crippen MR) is 97.4 cm³/mol. The molecule has 26 heavy (non-hydrogen) atoms. The zero-order valence-electron chi connectivity index (χ0n) is 14.3. The third-order valence-corrected chi connectivity index (χ3v) is 5.62. The van der Waals surface area contributed by atoms with Gasteiger partial charge in [0.2, 0.25) is 10.0 Å². The van der Waals surface area contributed by atoms with Gasteiger partial charge >= 0.3 is 0 Å². The van der Waals surface area contributed by atoms with Crippen LogP contribution in [0, 0.1) is 17.0 Å². The first kappa shape index (κ1) is 18.0. The average molecular weight is 374 g/mol. The second-order valence-corrected chi connectivity index (χ2v) is 7.74. The van der Waals surface area contributed by atoms with Crippen LogP contribution in [0.4, 0.5) is 5.69 Å². The van der Waals surface area contributed by atoms with E-state index >= 15 is 0 Å². The Morgan fingerprint density at radius 2 is 1.88 bits per heavy atom. The van der Waals surface area contributed by atoms with Gasteiger partial charge in [0.15, 0.2) is 0 Å². The smallest absolute Gasteiger partial charge is 0.271 e. The number of hydrogen-bond acceptors (Lipinski definition) is 5. The zero-order valence-corrected chi connectivity index (χ0v) is 15.2. The monoisotopic (exact) mass is 374 g/mol. The molecule has 0 radical (unpaired) electrons. The van der Waals surface area contributed by atoms with E-state index in [1.165, 1.54) is 12.1 Å². The number of non-ortho nitro benzene ring substituents is 1. The summed E-state index contributed by atoms with van der Waals surface area (Å²) in [7, 11) is -1.79. The highest BCUT2D eigenvalue weighted by Gasteiger charge is 2.15. The maximum Gasteiger partial charge on any atom is 0.271 e. The van der Waals surface area contributed by atoms with E-state index in [1.54, 1.807) is 41.9 Å². The first-order chi connectivity index (χ1) is 12.3. The molecule has 1 N–H and O–H groups in total. The van der Waals surface area contributed by atoms with Crippen molar-refractivity contribution in [1.29, 1.82) is 0 Å². The molecule has 0 saturated heterocycles. The number of nitro groups is 1. The maximum absolute atomic E-state index is 12.3. The number of benzene rings is 2. The Bertz CT molecular complexity index is 1070. The molecule has 9 heteroatoms. The molecule has 3 aromatic rings. The van der Waals surface area contributed by atoms with Crippen molar-refractivity contribution in [3.8, 4) is 0 Å². The van der Waals surface area contributed by atoms with E-state index in [-0.39, 0.29) is 17.1 Å². The summed E-state index contributed by atoms with van der Waals surface area (Å²) >= 11 is 0. The van der Waals surface area contributed by atoms with Gasteiger partial charge in [0.1, 0.15) is 5.82 Å². The fourth-order valence-electron chi connectivity index (χ4n) is 2.67. The van der Waals surface area contributed by atoms with Gasteiger partial charge < -0.3 is 4.57 Å². The molecule has 2 aromatic carbocycles. The van der Waals surface area contributed by atoms with Crippen molar-refractivity contribution < 1.29 is 13.3 Å². The van der Waals surface area contributed by atoms with Crippen LogP contribution >= 0.6 is 0 Å². The summed E-state index contributed by atoms with van der Waals surface area (Å²) in [6.07, 6.45) is 0.365. The van der Waals surface area contributed by atoms with E-state index in [9.17, 15) is 18.5 Å². The lowest BCUT2D eigenvalue weighted by Gasteiger charge is -2.07. The van der Waals surface area contributed by atoms with Crippen LogP contribution in [0.5, 0.6) is 0 Å². The SMILES string of the molecule is Cc1ccc(S(=O)(=O)NCCc2nc3cc([N+](=O)[O-])ccc3n2C)cc1. The summed E-state index contributed by atoms with van der Waals surface area (Å²) in [5, 5.41) is 10.9. The summed E-state index contributed by atoms with van der Waals surface area (Å²) < 4.78 is 29.0. The quantitative estimate of drug-likeness (QED) is 0.526. The molecule has 0 aliphatic heterocycles. The minimum atomic E-state index is -3.58. The highest BCUT2D eigenvalue weighted by Crippen LogP contribution is 2.21. The Morgan fingerprint density at radius 1 is 1.19 bits per heavy atom. The summed E-state index contributed by atoms with van der Waals surface area (Å²) in [6.45, 7) is 2.06. The predicted octanol–water partition coefficient (Wildman–Crippen LogP) is 2.31. The number of fused-ring (bicyclic) bond motifs is 1. The van der Waals surface area contributed by atoms with Gasteiger partial charge in [0.05, 0.1) is 20.9 Å². The molecule has 136 valence electrons. The van der Waals surface area contributed by atoms with Gasteiger partial charge in [-0.1, -0.05) is 17.7 Å². The number of nitro benzene ring substituents is 1. The van der Waals surface area contributed by atoms with Crippen LogP contribution in [0.2, 0.25) is 0 Å². The standard InChI is InChI=1S/C17H18N4O4S/c1-12-3-6-14(7-4-12)26(24,25)18-10-9-17-19-15-11-13(21(22)23)5-8-16(15)20(17)2/h3-8,11,18H,9-10H2,1-2H3. The van der Waals surface area contributed by atoms with Crippen LogP contribution < -0.4 is 4.72 Å². The summed E-state index contributed by atoms with van der Waals surface area (Å²) in [4.78, 5) is 15.0. The van der Waals surface area contributed by atoms with Crippen LogP contribution in [0.15, 0.2) is 47.4 Å². The van der Waals surface area contributed by atoms with Gasteiger partial charge in [0, 0.05) is 32.1 Å². The Balaban J connectivity index is 1.74. The van der Waals surface area contributed by atoms with Gasteiger partial charge in [-0.05, 0) is 25.1 Å². The summed E-state index contributed by atoms with van der Waals surface area (Å²) in [5.41, 5.74) is 2.23. The highest BCUT2D eigenvalue weighted by atomic mass is 32.2. The summed E-state index contributed by atoms with van der Waals surface area (Å²) in [5.74, 6) is 0.645. The van der Waals surface area contributed by atoms with Gasteiger partial charge in [-0.2, -0.15) is 0 Å². The van der Waals surface area contributed by atoms with Crippen molar-refractivity contribution >= 4 is 26.7 Å². The molecule has 0 amide bonds. The molecule has 0 spiro atoms. The highest BCUT2D eigenvalue weighted by molar-refractivity contribution is 7.89. The van der Waals surface area contributed by atoms with Gasteiger partial charge in [-0.25, -0.2) is 18.1 Å². The van der Waals surface area contributed by atoms with Gasteiger partial charge in [-0.3, -0.25) is 10.1 Å². The van der Waals surface area contributed by atoms with Crippen LogP contribution in [-0.2, 0) is 23.5 Å². The van der Waals surface area contributed by atoms with E-state index in [1.807, 2.05) is 6.92 Å². The molecule has 0 saturated carbocycles. The Hall–Kier alpha value is -2.78. The maximum atomic E-state index is 12.3. The minimum Gasteiger partial charge on any atom is -0.331 e. The minimum absolute atomic E-state index is 0.0257. The van der Waals surface area contributed by atoms with Crippen molar-refractivity contribution in [3.63, 3.8) is 0 Å². The first-order valence-corrected chi connectivity index (χ1v) is 9.42. The van der Waals surface area contributed by atoms with Gasteiger partial charge in [0.25, 0.3) is 5.69 Å². The van der Waals surface area contributed by atoms with E-state index in [2.05, 4.69) is 9.71 Å². The van der Waals surface area contributed by atoms with Crippen LogP contribution in [0.3, 0.4) is 0 Å². The Kier molecular flexibility index (Phi) is 4.75. The Labute approximate surface area is 150 Å². The third kappa shape index (κ3) is 3.58. The fourth-order valence-corrected chi connectivity index (χ4v) is 3.71. The summed E-state index contributed by atoms with van der Waals surface area (Å²) in [6, 6.07) is 11.1. The average Bonchev–Trinajstić information content (AvgIpc) is 2.90. The lowest BCUT2D eigenvalue weighted by Crippen LogP contribution is -2.26.